The van der Waals surface area contributed by atoms with Gasteiger partial charge in [-0.3, -0.25) is 24.0 Å². The summed E-state index contributed by atoms with van der Waals surface area (Å²) in [5.41, 5.74) is 1.91. The van der Waals surface area contributed by atoms with Gasteiger partial charge in [0.2, 0.25) is 21.8 Å². The van der Waals surface area contributed by atoms with Gasteiger partial charge in [-0.25, -0.2) is 32.0 Å². The van der Waals surface area contributed by atoms with E-state index in [1.54, 1.807) is 56.1 Å². The zero-order chi connectivity index (χ0) is 48.8. The zero-order valence-corrected chi connectivity index (χ0v) is 39.6. The van der Waals surface area contributed by atoms with Gasteiger partial charge < -0.3 is 30.5 Å². The lowest BCUT2D eigenvalue weighted by molar-refractivity contribution is -0.139. The number of benzene rings is 3. The fourth-order valence-electron chi connectivity index (χ4n) is 9.53. The maximum atomic E-state index is 16.1. The van der Waals surface area contributed by atoms with Crippen molar-refractivity contribution in [2.75, 3.05) is 36.9 Å². The summed E-state index contributed by atoms with van der Waals surface area (Å²) in [7, 11) is -2.44. The number of urea groups is 1. The fourth-order valence-corrected chi connectivity index (χ4v) is 12.9. The standard InChI is InChI=1S/C46H49ClFN7O11S2/c1-46(2)22-30(49-29-8-4-6-27(20-29)40-37(47)39(66-23-36(57)58)41(67-40)43(60)61)16-19-54(46)68(64,65)24-28-7-5-9-31(38(28)48)50-44(62)53-17-14-25(15-18-53)26-10-11-32-34(21-26)52(3)45(63)55(32)33-12-13-35(56)51-42(33)59/h4-11,20-21,25,30,33,49H,12-19,22-24H2,1-3H3,(H,50,62)(H,57,58)(H,60,61)(H,51,56,59)/t30-,33?/m1/s1. The van der Waals surface area contributed by atoms with Crippen molar-refractivity contribution in [3.05, 3.63) is 98.0 Å². The predicted octanol–water partition coefficient (Wildman–Crippen LogP) is 6.60. The highest BCUT2D eigenvalue weighted by Crippen LogP contribution is 2.46. The Morgan fingerprint density at radius 3 is 2.40 bits per heavy atom. The van der Waals surface area contributed by atoms with E-state index in [0.29, 0.717) is 65.9 Å². The van der Waals surface area contributed by atoms with E-state index in [1.165, 1.54) is 31.6 Å². The molecule has 4 amide bonds. The molecule has 22 heteroatoms. The Balaban J connectivity index is 0.874. The number of ether oxygens (including phenoxy) is 1. The molecule has 5 N–H and O–H groups in total. The fraction of sp³-hybridized carbons (Fsp3) is 0.391. The number of amides is 4. The van der Waals surface area contributed by atoms with Crippen molar-refractivity contribution >= 4 is 85.2 Å². The number of carbonyl (C=O) groups is 5. The number of sulfonamides is 1. The summed E-state index contributed by atoms with van der Waals surface area (Å²) in [4.78, 5) is 75.8. The molecule has 18 nitrogen and oxygen atoms in total. The number of anilines is 2. The van der Waals surface area contributed by atoms with Crippen molar-refractivity contribution in [1.29, 1.82) is 0 Å². The molecule has 68 heavy (non-hydrogen) atoms. The molecule has 0 bridgehead atoms. The van der Waals surface area contributed by atoms with E-state index < -0.39 is 63.7 Å². The van der Waals surface area contributed by atoms with E-state index in [9.17, 15) is 42.3 Å². The first kappa shape index (κ1) is 48.2. The number of thiophene rings is 1. The van der Waals surface area contributed by atoms with Gasteiger partial charge in [0.1, 0.15) is 11.1 Å². The second-order valence-electron chi connectivity index (χ2n) is 17.8. The van der Waals surface area contributed by atoms with Gasteiger partial charge >= 0.3 is 23.7 Å². The monoisotopic (exact) mass is 993 g/mol. The zero-order valence-electron chi connectivity index (χ0n) is 37.2. The van der Waals surface area contributed by atoms with Crippen LogP contribution >= 0.6 is 22.9 Å². The number of hydrogen-bond acceptors (Lipinski definition) is 11. The number of carboxylic acids is 2. The van der Waals surface area contributed by atoms with E-state index in [-0.39, 0.29) is 69.8 Å². The van der Waals surface area contributed by atoms with Crippen LogP contribution in [0.25, 0.3) is 21.5 Å². The quantitative estimate of drug-likeness (QED) is 0.0785. The van der Waals surface area contributed by atoms with E-state index in [2.05, 4.69) is 16.0 Å². The van der Waals surface area contributed by atoms with Crippen LogP contribution in [0.5, 0.6) is 5.75 Å². The highest BCUT2D eigenvalue weighted by atomic mass is 35.5. The summed E-state index contributed by atoms with van der Waals surface area (Å²) < 4.78 is 53.6. The molecule has 0 radical (unpaired) electrons. The number of carboxylic acid groups (broad SMARTS) is 2. The maximum absolute atomic E-state index is 16.1. The van der Waals surface area contributed by atoms with Crippen LogP contribution in [0, 0.1) is 5.82 Å². The van der Waals surface area contributed by atoms with Crippen molar-refractivity contribution in [2.45, 2.75) is 81.7 Å². The van der Waals surface area contributed by atoms with E-state index in [0.717, 1.165) is 16.9 Å². The number of halogens is 2. The minimum absolute atomic E-state index is 0.0299. The highest BCUT2D eigenvalue weighted by Gasteiger charge is 2.42. The molecule has 2 aromatic heterocycles. The second kappa shape index (κ2) is 19.0. The third-order valence-electron chi connectivity index (χ3n) is 12.8. The Hall–Kier alpha value is -6.29. The van der Waals surface area contributed by atoms with E-state index in [4.69, 9.17) is 21.4 Å². The molecule has 5 heterocycles. The van der Waals surface area contributed by atoms with Gasteiger partial charge in [-0.05, 0) is 93.3 Å². The molecule has 3 fully saturated rings. The number of piperidine rings is 3. The van der Waals surface area contributed by atoms with E-state index in [1.807, 2.05) is 12.1 Å². The molecule has 0 aliphatic carbocycles. The van der Waals surface area contributed by atoms with Crippen molar-refractivity contribution in [3.63, 3.8) is 0 Å². The Bertz CT molecular complexity index is 3030. The summed E-state index contributed by atoms with van der Waals surface area (Å²) >= 11 is 7.36. The molecule has 0 spiro atoms. The first-order valence-electron chi connectivity index (χ1n) is 21.9. The second-order valence-corrected chi connectivity index (χ2v) is 21.1. The Morgan fingerprint density at radius 1 is 0.971 bits per heavy atom. The largest absolute Gasteiger partial charge is 0.479 e. The first-order chi connectivity index (χ1) is 32.2. The molecular formula is C46H49ClFN7O11S2. The molecule has 360 valence electrons. The third-order valence-corrected chi connectivity index (χ3v) is 16.5. The van der Waals surface area contributed by atoms with Gasteiger partial charge in [0.15, 0.2) is 23.1 Å². The van der Waals surface area contributed by atoms with Crippen LogP contribution in [0.2, 0.25) is 5.02 Å². The van der Waals surface area contributed by atoms with Crippen LogP contribution in [-0.2, 0) is 37.2 Å². The molecular weight excluding hydrogens is 945 g/mol. The van der Waals surface area contributed by atoms with Crippen molar-refractivity contribution in [1.82, 2.24) is 23.7 Å². The molecule has 3 saturated heterocycles. The lowest BCUT2D eigenvalue weighted by Crippen LogP contribution is -2.55. The molecule has 0 saturated carbocycles. The molecule has 3 aliphatic heterocycles. The minimum atomic E-state index is -4.07. The number of aromatic nitrogens is 2. The molecule has 1 unspecified atom stereocenters. The number of imide groups is 1. The average molecular weight is 995 g/mol. The van der Waals surface area contributed by atoms with Gasteiger partial charge in [-0.15, -0.1) is 11.3 Å². The third kappa shape index (κ3) is 9.69. The van der Waals surface area contributed by atoms with Crippen LogP contribution in [0.4, 0.5) is 20.6 Å². The topological polar surface area (TPSA) is 239 Å². The molecule has 3 aromatic carbocycles. The van der Waals surface area contributed by atoms with Crippen LogP contribution in [-0.4, -0.2) is 105 Å². The van der Waals surface area contributed by atoms with Crippen molar-refractivity contribution in [3.8, 4) is 16.2 Å². The Labute approximate surface area is 398 Å². The molecule has 2 atom stereocenters. The number of likely N-dealkylation sites (tertiary alicyclic amines) is 1. The van der Waals surface area contributed by atoms with Gasteiger partial charge in [-0.1, -0.05) is 41.9 Å². The SMILES string of the molecule is Cn1c(=O)n(C2CCC(=O)NC2=O)c2ccc(C3CCN(C(=O)Nc4cccc(CS(=O)(=O)N5CC[C@@H](Nc6cccc(-c7sc(C(=O)O)c(OCC(=O)O)c7Cl)c6)CC5(C)C)c4F)CC3)cc21. The smallest absolute Gasteiger partial charge is 0.349 e. The highest BCUT2D eigenvalue weighted by molar-refractivity contribution is 7.88. The number of nitrogens with zero attached hydrogens (tertiary/aromatic N) is 4. The van der Waals surface area contributed by atoms with E-state index >= 15 is 4.39 Å². The summed E-state index contributed by atoms with van der Waals surface area (Å²) in [6, 6.07) is 15.4. The normalized spacial score (nSPS) is 19.2. The Morgan fingerprint density at radius 2 is 1.71 bits per heavy atom. The average Bonchev–Trinajstić information content (AvgIpc) is 3.75. The number of aryl methyl sites for hydroxylation is 1. The predicted molar refractivity (Wildman–Crippen MR) is 252 cm³/mol. The van der Waals surface area contributed by atoms with Crippen molar-refractivity contribution in [2.24, 2.45) is 7.05 Å². The summed E-state index contributed by atoms with van der Waals surface area (Å²) in [6.45, 7) is 3.66. The maximum Gasteiger partial charge on any atom is 0.349 e. The van der Waals surface area contributed by atoms with Crippen LogP contribution in [0.1, 0.15) is 85.1 Å². The van der Waals surface area contributed by atoms with Gasteiger partial charge in [-0.2, -0.15) is 4.31 Å². The number of fused-ring (bicyclic) bond motifs is 1. The van der Waals surface area contributed by atoms with Gasteiger partial charge in [0.25, 0.3) is 0 Å². The lowest BCUT2D eigenvalue weighted by atomic mass is 9.89. The van der Waals surface area contributed by atoms with Gasteiger partial charge in [0.05, 0.1) is 27.4 Å². The van der Waals surface area contributed by atoms with Crippen molar-refractivity contribution < 1.29 is 51.7 Å². The minimum Gasteiger partial charge on any atom is -0.479 e. The Kier molecular flexibility index (Phi) is 13.5. The lowest BCUT2D eigenvalue weighted by Gasteiger charge is -2.45. The molecule has 5 aromatic rings. The number of aromatic carboxylic acids is 1. The summed E-state index contributed by atoms with van der Waals surface area (Å²) in [6.07, 6.45) is 2.33. The number of aliphatic carboxylic acids is 1. The first-order valence-corrected chi connectivity index (χ1v) is 24.7. The molecule has 3 aliphatic rings. The number of imidazole rings is 1. The van der Waals surface area contributed by atoms with Crippen LogP contribution in [0.3, 0.4) is 0 Å². The molecule has 8 rings (SSSR count). The number of carbonyl (C=O) groups excluding carboxylic acids is 3. The number of hydrogen-bond donors (Lipinski definition) is 5. The number of rotatable bonds is 13. The van der Waals surface area contributed by atoms with Crippen LogP contribution < -0.4 is 26.4 Å². The summed E-state index contributed by atoms with van der Waals surface area (Å²) in [5.74, 6) is -5.15. The van der Waals surface area contributed by atoms with Crippen LogP contribution in [0.15, 0.2) is 65.5 Å². The summed E-state index contributed by atoms with van der Waals surface area (Å²) in [5, 5.41) is 27.1. The van der Waals surface area contributed by atoms with Gasteiger partial charge in [0, 0.05) is 55.9 Å². The number of nitrogens with one attached hydrogen (secondary N) is 3.